The van der Waals surface area contributed by atoms with E-state index in [2.05, 4.69) is 22.0 Å². The molecular formula is C28H26N4O3S2. The van der Waals surface area contributed by atoms with Crippen molar-refractivity contribution in [3.05, 3.63) is 98.9 Å². The number of thiophene rings is 1. The van der Waals surface area contributed by atoms with Gasteiger partial charge in [0.15, 0.2) is 0 Å². The van der Waals surface area contributed by atoms with E-state index in [0.29, 0.717) is 39.9 Å². The Morgan fingerprint density at radius 1 is 1.05 bits per heavy atom. The van der Waals surface area contributed by atoms with Crippen LogP contribution in [0.15, 0.2) is 94.0 Å². The van der Waals surface area contributed by atoms with E-state index >= 15 is 0 Å². The first-order valence-corrected chi connectivity index (χ1v) is 13.5. The Labute approximate surface area is 224 Å². The summed E-state index contributed by atoms with van der Waals surface area (Å²) in [7, 11) is 0. The number of hydrogen-bond donors (Lipinski definition) is 3. The lowest BCUT2D eigenvalue weighted by atomic mass is 9.86. The van der Waals surface area contributed by atoms with Crippen LogP contribution in [0.2, 0.25) is 0 Å². The van der Waals surface area contributed by atoms with E-state index in [-0.39, 0.29) is 17.6 Å². The maximum absolute atomic E-state index is 13.4. The van der Waals surface area contributed by atoms with Crippen molar-refractivity contribution in [1.29, 1.82) is 5.26 Å². The van der Waals surface area contributed by atoms with Gasteiger partial charge in [0.05, 0.1) is 34.9 Å². The highest BCUT2D eigenvalue weighted by atomic mass is 32.2. The van der Waals surface area contributed by atoms with Gasteiger partial charge in [-0.2, -0.15) is 5.26 Å². The molecule has 4 rings (SSSR count). The lowest BCUT2D eigenvalue weighted by Crippen LogP contribution is -2.30. The predicted molar refractivity (Wildman–Crippen MR) is 149 cm³/mol. The second-order valence-electron chi connectivity index (χ2n) is 8.08. The van der Waals surface area contributed by atoms with Gasteiger partial charge in [-0.1, -0.05) is 36.0 Å². The zero-order chi connectivity index (χ0) is 26.2. The van der Waals surface area contributed by atoms with E-state index in [1.54, 1.807) is 24.3 Å². The fourth-order valence-corrected chi connectivity index (χ4v) is 5.66. The smallest absolute Gasteiger partial charge is 0.254 e. The number of para-hydroxylation sites is 1. The van der Waals surface area contributed by atoms with Gasteiger partial charge in [0.1, 0.15) is 5.75 Å². The van der Waals surface area contributed by atoms with Gasteiger partial charge in [0.2, 0.25) is 5.91 Å². The molecule has 2 amide bonds. The quantitative estimate of drug-likeness (QED) is 0.321. The number of dihydropyridines is 1. The Bertz CT molecular complexity index is 1360. The lowest BCUT2D eigenvalue weighted by Gasteiger charge is -2.29. The van der Waals surface area contributed by atoms with E-state index in [4.69, 9.17) is 4.74 Å². The molecule has 3 N–H and O–H groups in total. The Hall–Kier alpha value is -4.00. The molecule has 0 saturated heterocycles. The van der Waals surface area contributed by atoms with Crippen molar-refractivity contribution < 1.29 is 14.3 Å². The van der Waals surface area contributed by atoms with Crippen LogP contribution < -0.4 is 20.7 Å². The molecule has 2 heterocycles. The second kappa shape index (κ2) is 12.3. The molecule has 188 valence electrons. The Balaban J connectivity index is 1.52. The molecule has 1 aliphatic rings. The summed E-state index contributed by atoms with van der Waals surface area (Å²) in [5.74, 6) is -0.190. The summed E-state index contributed by atoms with van der Waals surface area (Å²) >= 11 is 2.72. The van der Waals surface area contributed by atoms with Crippen LogP contribution in [0.5, 0.6) is 5.75 Å². The minimum Gasteiger partial charge on any atom is -0.494 e. The van der Waals surface area contributed by atoms with E-state index in [0.717, 1.165) is 10.6 Å². The molecule has 7 nitrogen and oxygen atoms in total. The molecule has 0 saturated carbocycles. The molecule has 0 bridgehead atoms. The third kappa shape index (κ3) is 6.42. The van der Waals surface area contributed by atoms with Gasteiger partial charge in [-0.3, -0.25) is 9.59 Å². The lowest BCUT2D eigenvalue weighted by molar-refractivity contribution is -0.114. The van der Waals surface area contributed by atoms with Crippen molar-refractivity contribution in [3.63, 3.8) is 0 Å². The number of nitrogens with one attached hydrogen (secondary N) is 3. The number of ether oxygens (including phenoxy) is 1. The molecule has 1 atom stereocenters. The summed E-state index contributed by atoms with van der Waals surface area (Å²) in [6, 6.07) is 22.5. The molecule has 0 unspecified atom stereocenters. The zero-order valence-corrected chi connectivity index (χ0v) is 22.0. The number of nitrogens with zero attached hydrogens (tertiary/aromatic N) is 1. The number of rotatable bonds is 9. The van der Waals surface area contributed by atoms with E-state index in [9.17, 15) is 14.9 Å². The van der Waals surface area contributed by atoms with Gasteiger partial charge in [-0.25, -0.2) is 0 Å². The number of allylic oxidation sites excluding steroid dienone is 2. The summed E-state index contributed by atoms with van der Waals surface area (Å²) in [4.78, 5) is 26.9. The third-order valence-electron chi connectivity index (χ3n) is 5.55. The summed E-state index contributed by atoms with van der Waals surface area (Å²) < 4.78 is 5.43. The number of carbonyl (C=O) groups is 2. The van der Waals surface area contributed by atoms with Crippen molar-refractivity contribution in [1.82, 2.24) is 5.32 Å². The molecule has 37 heavy (non-hydrogen) atoms. The summed E-state index contributed by atoms with van der Waals surface area (Å²) in [6.45, 7) is 4.30. The van der Waals surface area contributed by atoms with Crippen LogP contribution in [0, 0.1) is 11.3 Å². The molecule has 2 aromatic carbocycles. The third-order valence-corrected chi connectivity index (χ3v) is 7.50. The number of amides is 2. The van der Waals surface area contributed by atoms with Crippen LogP contribution >= 0.6 is 23.1 Å². The van der Waals surface area contributed by atoms with Gasteiger partial charge >= 0.3 is 0 Å². The Morgan fingerprint density at radius 2 is 1.78 bits per heavy atom. The maximum Gasteiger partial charge on any atom is 0.254 e. The SMILES string of the molecule is CCOc1ccc(NC(=O)CSC2=C(C#N)[C@H](c3cccs3)C(C(=O)Nc3ccccc3)=C(C)N2)cc1. The van der Waals surface area contributed by atoms with Crippen molar-refractivity contribution in [2.45, 2.75) is 19.8 Å². The van der Waals surface area contributed by atoms with Crippen molar-refractivity contribution in [2.75, 3.05) is 23.0 Å². The first-order valence-electron chi connectivity index (χ1n) is 11.7. The standard InChI is InChI=1S/C28H26N4O3S2/c1-3-35-21-13-11-20(12-14-21)31-24(33)17-37-28-22(16-29)26(23-10-7-15-36-23)25(18(2)30-28)27(34)32-19-8-5-4-6-9-19/h4-15,26,30H,3,17H2,1-2H3,(H,31,33)(H,32,34)/t26-/m1/s1. The first-order chi connectivity index (χ1) is 18.0. The van der Waals surface area contributed by atoms with Gasteiger partial charge in [-0.15, -0.1) is 11.3 Å². The number of carbonyl (C=O) groups excluding carboxylic acids is 2. The molecule has 0 aliphatic carbocycles. The van der Waals surface area contributed by atoms with Gasteiger partial charge in [0.25, 0.3) is 5.91 Å². The fraction of sp³-hybridized carbons (Fsp3) is 0.179. The topological polar surface area (TPSA) is 103 Å². The molecule has 1 aromatic heterocycles. The van der Waals surface area contributed by atoms with Crippen LogP contribution in [0.1, 0.15) is 24.6 Å². The normalized spacial score (nSPS) is 15.0. The molecule has 0 radical (unpaired) electrons. The van der Waals surface area contributed by atoms with Crippen LogP contribution in [0.3, 0.4) is 0 Å². The van der Waals surface area contributed by atoms with Crippen LogP contribution in [-0.2, 0) is 9.59 Å². The number of nitriles is 1. The second-order valence-corrected chi connectivity index (χ2v) is 10.0. The highest BCUT2D eigenvalue weighted by Crippen LogP contribution is 2.42. The number of anilines is 2. The van der Waals surface area contributed by atoms with Gasteiger partial charge < -0.3 is 20.7 Å². The van der Waals surface area contributed by atoms with Crippen molar-refractivity contribution >= 4 is 46.3 Å². The Morgan fingerprint density at radius 3 is 2.43 bits per heavy atom. The number of thioether (sulfide) groups is 1. The van der Waals surface area contributed by atoms with Crippen molar-refractivity contribution in [2.24, 2.45) is 0 Å². The first kappa shape index (κ1) is 26.1. The molecule has 9 heteroatoms. The highest BCUT2D eigenvalue weighted by Gasteiger charge is 2.35. The fourth-order valence-electron chi connectivity index (χ4n) is 3.92. The number of benzene rings is 2. The van der Waals surface area contributed by atoms with Gasteiger partial charge in [-0.05, 0) is 61.7 Å². The maximum atomic E-state index is 13.4. The average molecular weight is 531 g/mol. The largest absolute Gasteiger partial charge is 0.494 e. The van der Waals surface area contributed by atoms with E-state index in [1.165, 1.54) is 23.1 Å². The monoisotopic (exact) mass is 530 g/mol. The highest BCUT2D eigenvalue weighted by molar-refractivity contribution is 8.03. The summed E-state index contributed by atoms with van der Waals surface area (Å²) in [6.07, 6.45) is 0. The minimum absolute atomic E-state index is 0.0940. The van der Waals surface area contributed by atoms with Crippen LogP contribution in [-0.4, -0.2) is 24.2 Å². The molecule has 0 fully saturated rings. The molecule has 0 spiro atoms. The summed E-state index contributed by atoms with van der Waals surface area (Å²) in [5.41, 5.74) is 2.86. The van der Waals surface area contributed by atoms with Crippen LogP contribution in [0.4, 0.5) is 11.4 Å². The zero-order valence-electron chi connectivity index (χ0n) is 20.4. The minimum atomic E-state index is -0.536. The van der Waals surface area contributed by atoms with Crippen LogP contribution in [0.25, 0.3) is 0 Å². The van der Waals surface area contributed by atoms with E-state index < -0.39 is 5.92 Å². The van der Waals surface area contributed by atoms with Crippen molar-refractivity contribution in [3.8, 4) is 11.8 Å². The predicted octanol–water partition coefficient (Wildman–Crippen LogP) is 5.85. The summed E-state index contributed by atoms with van der Waals surface area (Å²) in [5, 5.41) is 21.7. The molecule has 3 aromatic rings. The van der Waals surface area contributed by atoms with Gasteiger partial charge in [0, 0.05) is 27.5 Å². The molecular weight excluding hydrogens is 504 g/mol. The average Bonchev–Trinajstić information content (AvgIpc) is 3.43. The Kier molecular flexibility index (Phi) is 8.67. The number of hydrogen-bond acceptors (Lipinski definition) is 7. The van der Waals surface area contributed by atoms with E-state index in [1.807, 2.05) is 61.7 Å². The molecule has 1 aliphatic heterocycles.